The number of hydrogen-bond donors (Lipinski definition) is 0. The first-order chi connectivity index (χ1) is 10.8. The molecule has 22 heavy (non-hydrogen) atoms. The van der Waals surface area contributed by atoms with Crippen molar-refractivity contribution >= 4 is 0 Å². The summed E-state index contributed by atoms with van der Waals surface area (Å²) < 4.78 is 10.9. The molecule has 3 rings (SSSR count). The Labute approximate surface area is 132 Å². The van der Waals surface area contributed by atoms with Crippen LogP contribution in [0, 0.1) is 5.92 Å². The van der Waals surface area contributed by atoms with E-state index in [9.17, 15) is 0 Å². The zero-order chi connectivity index (χ0) is 15.4. The highest BCUT2D eigenvalue weighted by atomic mass is 16.5. The average molecular weight is 297 g/mol. The Hall–Kier alpha value is -2.16. The molecule has 0 aromatic heterocycles. The molecular weight excluding hydrogens is 274 g/mol. The number of fused-ring (bicyclic) bond motifs is 1. The summed E-state index contributed by atoms with van der Waals surface area (Å²) in [4.78, 5) is 2.40. The first-order valence-corrected chi connectivity index (χ1v) is 7.81. The third-order valence-electron chi connectivity index (χ3n) is 4.28. The van der Waals surface area contributed by atoms with Crippen molar-refractivity contribution in [3.8, 4) is 0 Å². The largest absolute Gasteiger partial charge is 0.493 e. The molecule has 2 aliphatic rings. The number of rotatable bonds is 4. The van der Waals surface area contributed by atoms with Gasteiger partial charge in [-0.1, -0.05) is 30.3 Å². The quantitative estimate of drug-likeness (QED) is 0.842. The molecule has 116 valence electrons. The van der Waals surface area contributed by atoms with Crippen molar-refractivity contribution in [3.63, 3.8) is 0 Å². The van der Waals surface area contributed by atoms with E-state index in [2.05, 4.69) is 53.6 Å². The Morgan fingerprint density at radius 2 is 1.86 bits per heavy atom. The Morgan fingerprint density at radius 1 is 1.09 bits per heavy atom. The monoisotopic (exact) mass is 297 g/mol. The minimum absolute atomic E-state index is 0.426. The van der Waals surface area contributed by atoms with Crippen molar-refractivity contribution < 1.29 is 9.47 Å². The lowest BCUT2D eigenvalue weighted by Crippen LogP contribution is -2.17. The molecule has 0 radical (unpaired) electrons. The number of allylic oxidation sites excluding steroid dienone is 3. The molecule has 0 fully saturated rings. The van der Waals surface area contributed by atoms with Gasteiger partial charge in [-0.15, -0.1) is 0 Å². The fourth-order valence-corrected chi connectivity index (χ4v) is 3.13. The van der Waals surface area contributed by atoms with E-state index in [4.69, 9.17) is 9.47 Å². The second-order valence-corrected chi connectivity index (χ2v) is 5.78. The van der Waals surface area contributed by atoms with Gasteiger partial charge in [0, 0.05) is 25.2 Å². The zero-order valence-electron chi connectivity index (χ0n) is 13.3. The molecule has 0 amide bonds. The van der Waals surface area contributed by atoms with Crippen LogP contribution < -0.4 is 0 Å². The van der Waals surface area contributed by atoms with Crippen molar-refractivity contribution in [2.75, 3.05) is 20.8 Å². The van der Waals surface area contributed by atoms with Gasteiger partial charge in [0.1, 0.15) is 0 Å². The smallest absolute Gasteiger partial charge is 0.160 e. The lowest BCUT2D eigenvalue weighted by Gasteiger charge is -2.22. The Balaban J connectivity index is 1.83. The van der Waals surface area contributed by atoms with Crippen LogP contribution in [0.15, 0.2) is 65.8 Å². The van der Waals surface area contributed by atoms with Crippen LogP contribution in [0.5, 0.6) is 0 Å². The van der Waals surface area contributed by atoms with Crippen LogP contribution in [0.25, 0.3) is 0 Å². The van der Waals surface area contributed by atoms with Crippen LogP contribution in [0.1, 0.15) is 18.4 Å². The van der Waals surface area contributed by atoms with E-state index in [1.54, 1.807) is 14.2 Å². The molecule has 1 aliphatic heterocycles. The van der Waals surface area contributed by atoms with Crippen LogP contribution >= 0.6 is 0 Å². The molecule has 1 heterocycles. The van der Waals surface area contributed by atoms with E-state index in [1.807, 2.05) is 0 Å². The molecule has 0 bridgehead atoms. The minimum atomic E-state index is 0.426. The van der Waals surface area contributed by atoms with Gasteiger partial charge >= 0.3 is 0 Å². The van der Waals surface area contributed by atoms with Gasteiger partial charge in [-0.2, -0.15) is 0 Å². The maximum atomic E-state index is 5.45. The maximum Gasteiger partial charge on any atom is 0.160 e. The van der Waals surface area contributed by atoms with Gasteiger partial charge in [-0.25, -0.2) is 0 Å². The summed E-state index contributed by atoms with van der Waals surface area (Å²) in [5, 5.41) is 0. The topological polar surface area (TPSA) is 21.7 Å². The summed E-state index contributed by atoms with van der Waals surface area (Å²) in [5.74, 6) is 2.09. The van der Waals surface area contributed by atoms with Gasteiger partial charge in [0.15, 0.2) is 11.5 Å². The molecule has 1 aromatic rings. The minimum Gasteiger partial charge on any atom is -0.493 e. The molecule has 1 aromatic carbocycles. The second-order valence-electron chi connectivity index (χ2n) is 5.78. The normalized spacial score (nSPS) is 21.1. The van der Waals surface area contributed by atoms with Crippen molar-refractivity contribution in [1.29, 1.82) is 0 Å². The van der Waals surface area contributed by atoms with E-state index in [0.717, 1.165) is 31.0 Å². The van der Waals surface area contributed by atoms with Crippen molar-refractivity contribution in [2.24, 2.45) is 5.92 Å². The molecule has 0 N–H and O–H groups in total. The summed E-state index contributed by atoms with van der Waals surface area (Å²) in [6, 6.07) is 10.6. The van der Waals surface area contributed by atoms with Crippen LogP contribution in [0.4, 0.5) is 0 Å². The van der Waals surface area contributed by atoms with Gasteiger partial charge in [0.25, 0.3) is 0 Å². The molecule has 3 nitrogen and oxygen atoms in total. The third kappa shape index (κ3) is 3.19. The number of nitrogens with zero attached hydrogens (tertiary/aromatic N) is 1. The van der Waals surface area contributed by atoms with Crippen LogP contribution in [-0.4, -0.2) is 25.7 Å². The van der Waals surface area contributed by atoms with Crippen molar-refractivity contribution in [2.45, 2.75) is 19.4 Å². The average Bonchev–Trinajstić information content (AvgIpc) is 2.75. The molecule has 1 aliphatic carbocycles. The molecule has 0 saturated carbocycles. The van der Waals surface area contributed by atoms with Gasteiger partial charge in [-0.3, -0.25) is 0 Å². The van der Waals surface area contributed by atoms with E-state index < -0.39 is 0 Å². The van der Waals surface area contributed by atoms with Crippen LogP contribution in [0.2, 0.25) is 0 Å². The molecule has 3 heteroatoms. The highest BCUT2D eigenvalue weighted by Gasteiger charge is 2.24. The number of ether oxygens (including phenoxy) is 2. The van der Waals surface area contributed by atoms with E-state index >= 15 is 0 Å². The number of hydrogen-bond acceptors (Lipinski definition) is 3. The van der Waals surface area contributed by atoms with Gasteiger partial charge in [0.05, 0.1) is 14.2 Å². The van der Waals surface area contributed by atoms with Gasteiger partial charge < -0.3 is 14.4 Å². The summed E-state index contributed by atoms with van der Waals surface area (Å²) in [5.41, 5.74) is 2.66. The maximum absolute atomic E-state index is 5.45. The fraction of sp³-hybridized carbons (Fsp3) is 0.368. The van der Waals surface area contributed by atoms with Crippen molar-refractivity contribution in [3.05, 3.63) is 71.3 Å². The number of benzene rings is 1. The predicted octanol–water partition coefficient (Wildman–Crippen LogP) is 3.86. The lowest BCUT2D eigenvalue weighted by molar-refractivity contribution is 0.215. The summed E-state index contributed by atoms with van der Waals surface area (Å²) >= 11 is 0. The molecule has 0 saturated heterocycles. The lowest BCUT2D eigenvalue weighted by atomic mass is 9.90. The van der Waals surface area contributed by atoms with Crippen LogP contribution in [-0.2, 0) is 16.0 Å². The SMILES string of the molecule is COC1=CC2=CN(Cc3ccccc3)CCC[C@H]2C=C1OC. The predicted molar refractivity (Wildman–Crippen MR) is 87.8 cm³/mol. The Bertz CT molecular complexity index is 601. The van der Waals surface area contributed by atoms with Gasteiger partial charge in [0.2, 0.25) is 0 Å². The van der Waals surface area contributed by atoms with Crippen molar-refractivity contribution in [1.82, 2.24) is 4.90 Å². The molecular formula is C19H23NO2. The van der Waals surface area contributed by atoms with Crippen LogP contribution in [0.3, 0.4) is 0 Å². The zero-order valence-corrected chi connectivity index (χ0v) is 13.3. The highest BCUT2D eigenvalue weighted by Crippen LogP contribution is 2.33. The van der Waals surface area contributed by atoms with E-state index in [0.29, 0.717) is 5.92 Å². The Kier molecular flexibility index (Phi) is 4.52. The second kappa shape index (κ2) is 6.73. The first kappa shape index (κ1) is 14.8. The summed E-state index contributed by atoms with van der Waals surface area (Å²) in [6.07, 6.45) is 8.93. The highest BCUT2D eigenvalue weighted by molar-refractivity contribution is 5.40. The standard InChI is InChI=1S/C19H23NO2/c1-21-18-11-16-9-6-10-20(13-15-7-4-3-5-8-15)14-17(16)12-19(18)22-2/h3-5,7-8,11-12,14,16H,6,9-10,13H2,1-2H3/t16-/m0/s1. The van der Waals surface area contributed by atoms with Gasteiger partial charge in [-0.05, 0) is 36.1 Å². The van der Waals surface area contributed by atoms with E-state index in [-0.39, 0.29) is 0 Å². The molecule has 0 spiro atoms. The fourth-order valence-electron chi connectivity index (χ4n) is 3.13. The third-order valence-corrected chi connectivity index (χ3v) is 4.28. The Morgan fingerprint density at radius 3 is 2.59 bits per heavy atom. The summed E-state index contributed by atoms with van der Waals surface area (Å²) in [7, 11) is 3.39. The first-order valence-electron chi connectivity index (χ1n) is 7.81. The summed E-state index contributed by atoms with van der Waals surface area (Å²) in [6.45, 7) is 2.04. The molecule has 1 atom stereocenters. The molecule has 0 unspecified atom stereocenters. The number of methoxy groups -OCH3 is 2. The van der Waals surface area contributed by atoms with E-state index in [1.165, 1.54) is 17.6 Å².